The van der Waals surface area contributed by atoms with Crippen LogP contribution >= 0.6 is 0 Å². The van der Waals surface area contributed by atoms with Gasteiger partial charge in [0, 0.05) is 35.5 Å². The van der Waals surface area contributed by atoms with Crippen molar-refractivity contribution in [3.8, 4) is 11.5 Å². The van der Waals surface area contributed by atoms with Crippen molar-refractivity contribution in [1.29, 1.82) is 0 Å². The first kappa shape index (κ1) is 16.2. The van der Waals surface area contributed by atoms with E-state index in [1.165, 1.54) is 0 Å². The molecule has 5 heteroatoms. The summed E-state index contributed by atoms with van der Waals surface area (Å²) in [6.07, 6.45) is 2.17. The van der Waals surface area contributed by atoms with Crippen molar-refractivity contribution in [2.24, 2.45) is 0 Å². The summed E-state index contributed by atoms with van der Waals surface area (Å²) in [7, 11) is 3.27. The van der Waals surface area contributed by atoms with Crippen molar-refractivity contribution in [2.45, 2.75) is 25.4 Å². The monoisotopic (exact) mass is 326 g/mol. The molecule has 0 radical (unpaired) electrons. The van der Waals surface area contributed by atoms with Gasteiger partial charge in [-0.25, -0.2) is 0 Å². The number of nitrogens with one attached hydrogen (secondary N) is 2. The van der Waals surface area contributed by atoms with Crippen molar-refractivity contribution >= 4 is 11.6 Å². The van der Waals surface area contributed by atoms with Gasteiger partial charge in [-0.05, 0) is 43.2 Å². The Morgan fingerprint density at radius 3 is 2.67 bits per heavy atom. The summed E-state index contributed by atoms with van der Waals surface area (Å²) in [5, 5.41) is 6.34. The van der Waals surface area contributed by atoms with Gasteiger partial charge in [0.2, 0.25) is 0 Å². The van der Waals surface area contributed by atoms with Gasteiger partial charge >= 0.3 is 0 Å². The van der Waals surface area contributed by atoms with Gasteiger partial charge in [-0.1, -0.05) is 6.07 Å². The molecule has 1 saturated carbocycles. The molecule has 1 fully saturated rings. The maximum atomic E-state index is 12.1. The van der Waals surface area contributed by atoms with Crippen LogP contribution in [0.3, 0.4) is 0 Å². The highest BCUT2D eigenvalue weighted by Gasteiger charge is 2.23. The molecule has 0 unspecified atom stereocenters. The maximum absolute atomic E-state index is 12.1. The average Bonchev–Trinajstić information content (AvgIpc) is 3.44. The molecule has 2 N–H and O–H groups in total. The molecule has 0 atom stereocenters. The molecule has 1 aliphatic carbocycles. The predicted octanol–water partition coefficient (Wildman–Crippen LogP) is 3.21. The Morgan fingerprint density at radius 1 is 1.12 bits per heavy atom. The summed E-state index contributed by atoms with van der Waals surface area (Å²) in [6, 6.07) is 13.6. The summed E-state index contributed by atoms with van der Waals surface area (Å²) in [5.41, 5.74) is 2.59. The molecule has 1 aliphatic rings. The zero-order valence-electron chi connectivity index (χ0n) is 14.0. The highest BCUT2D eigenvalue weighted by atomic mass is 16.5. The third-order valence-electron chi connectivity index (χ3n) is 4.01. The third kappa shape index (κ3) is 3.98. The van der Waals surface area contributed by atoms with Gasteiger partial charge in [-0.2, -0.15) is 0 Å². The normalized spacial score (nSPS) is 13.2. The summed E-state index contributed by atoms with van der Waals surface area (Å²) in [4.78, 5) is 12.1. The van der Waals surface area contributed by atoms with Crippen LogP contribution in [0.5, 0.6) is 11.5 Å². The molecule has 2 aromatic carbocycles. The van der Waals surface area contributed by atoms with E-state index in [1.54, 1.807) is 14.2 Å². The van der Waals surface area contributed by atoms with Gasteiger partial charge in [0.1, 0.15) is 11.5 Å². The smallest absolute Gasteiger partial charge is 0.251 e. The van der Waals surface area contributed by atoms with Crippen LogP contribution in [0.2, 0.25) is 0 Å². The molecular weight excluding hydrogens is 304 g/mol. The fourth-order valence-corrected chi connectivity index (χ4v) is 2.46. The first-order valence-corrected chi connectivity index (χ1v) is 8.05. The molecule has 0 aliphatic heterocycles. The van der Waals surface area contributed by atoms with Crippen LogP contribution in [0.4, 0.5) is 5.69 Å². The van der Waals surface area contributed by atoms with Crippen LogP contribution < -0.4 is 20.1 Å². The number of hydrogen-bond acceptors (Lipinski definition) is 4. The Bertz CT molecular complexity index is 726. The lowest BCUT2D eigenvalue weighted by atomic mass is 10.1. The molecule has 24 heavy (non-hydrogen) atoms. The van der Waals surface area contributed by atoms with E-state index >= 15 is 0 Å². The zero-order valence-corrected chi connectivity index (χ0v) is 14.0. The lowest BCUT2D eigenvalue weighted by Gasteiger charge is -2.13. The number of rotatable bonds is 7. The number of ether oxygens (including phenoxy) is 2. The lowest BCUT2D eigenvalue weighted by Crippen LogP contribution is -2.25. The fourth-order valence-electron chi connectivity index (χ4n) is 2.46. The molecule has 2 aromatic rings. The van der Waals surface area contributed by atoms with Crippen LogP contribution in [-0.2, 0) is 6.54 Å². The maximum Gasteiger partial charge on any atom is 0.251 e. The Hall–Kier alpha value is -2.69. The van der Waals surface area contributed by atoms with Crippen LogP contribution in [0.15, 0.2) is 42.5 Å². The number of benzene rings is 2. The molecule has 1 amide bonds. The van der Waals surface area contributed by atoms with Crippen LogP contribution in [0.25, 0.3) is 0 Å². The predicted molar refractivity (Wildman–Crippen MR) is 93.8 cm³/mol. The van der Waals surface area contributed by atoms with Gasteiger partial charge < -0.3 is 20.1 Å². The van der Waals surface area contributed by atoms with E-state index < -0.39 is 0 Å². The molecule has 0 bridgehead atoms. The van der Waals surface area contributed by atoms with E-state index in [2.05, 4.69) is 10.6 Å². The van der Waals surface area contributed by atoms with E-state index in [4.69, 9.17) is 9.47 Å². The van der Waals surface area contributed by atoms with Gasteiger partial charge in [0.05, 0.1) is 14.2 Å². The van der Waals surface area contributed by atoms with E-state index in [0.29, 0.717) is 18.2 Å². The summed E-state index contributed by atoms with van der Waals surface area (Å²) in [6.45, 7) is 0.598. The highest BCUT2D eigenvalue weighted by Crippen LogP contribution is 2.25. The molecule has 0 heterocycles. The minimum Gasteiger partial charge on any atom is -0.497 e. The third-order valence-corrected chi connectivity index (χ3v) is 4.01. The Morgan fingerprint density at radius 2 is 1.96 bits per heavy atom. The molecule has 0 aromatic heterocycles. The quantitative estimate of drug-likeness (QED) is 0.820. The van der Waals surface area contributed by atoms with Gasteiger partial charge in [0.15, 0.2) is 0 Å². The van der Waals surface area contributed by atoms with Crippen molar-refractivity contribution in [2.75, 3.05) is 19.5 Å². The SMILES string of the molecule is COc1ccc(CNc2cccc(C(=O)NC3CC3)c2)c(OC)c1. The lowest BCUT2D eigenvalue weighted by molar-refractivity contribution is 0.0951. The van der Waals surface area contributed by atoms with Crippen molar-refractivity contribution in [1.82, 2.24) is 5.32 Å². The summed E-state index contributed by atoms with van der Waals surface area (Å²) in [5.74, 6) is 1.52. The zero-order chi connectivity index (χ0) is 16.9. The fraction of sp³-hybridized carbons (Fsp3) is 0.316. The molecule has 126 valence electrons. The largest absolute Gasteiger partial charge is 0.497 e. The van der Waals surface area contributed by atoms with Crippen LogP contribution in [0, 0.1) is 0 Å². The first-order valence-electron chi connectivity index (χ1n) is 8.05. The number of carbonyl (C=O) groups is 1. The summed E-state index contributed by atoms with van der Waals surface area (Å²) < 4.78 is 10.6. The molecular formula is C19H22N2O3. The standard InChI is InChI=1S/C19H22N2O3/c1-23-17-9-6-14(18(11-17)24-2)12-20-16-5-3-4-13(10-16)19(22)21-15-7-8-15/h3-6,9-11,15,20H,7-8,12H2,1-2H3,(H,21,22). The number of amides is 1. The number of anilines is 1. The van der Waals surface area contributed by atoms with Gasteiger partial charge in [0.25, 0.3) is 5.91 Å². The Balaban J connectivity index is 1.67. The molecule has 3 rings (SSSR count). The van der Waals surface area contributed by atoms with Crippen molar-refractivity contribution in [3.63, 3.8) is 0 Å². The first-order chi connectivity index (χ1) is 11.7. The number of hydrogen-bond donors (Lipinski definition) is 2. The van der Waals surface area contributed by atoms with Gasteiger partial charge in [-0.3, -0.25) is 4.79 Å². The van der Waals surface area contributed by atoms with E-state index in [1.807, 2.05) is 42.5 Å². The second kappa shape index (κ2) is 7.25. The molecule has 0 saturated heterocycles. The van der Waals surface area contributed by atoms with Crippen molar-refractivity contribution in [3.05, 3.63) is 53.6 Å². The van der Waals surface area contributed by atoms with E-state index in [9.17, 15) is 4.79 Å². The Labute approximate surface area is 142 Å². The van der Waals surface area contributed by atoms with Gasteiger partial charge in [-0.15, -0.1) is 0 Å². The average molecular weight is 326 g/mol. The minimum atomic E-state index is -0.0109. The Kier molecular flexibility index (Phi) is 4.89. The van der Waals surface area contributed by atoms with Crippen LogP contribution in [-0.4, -0.2) is 26.2 Å². The highest BCUT2D eigenvalue weighted by molar-refractivity contribution is 5.95. The number of methoxy groups -OCH3 is 2. The van der Waals surface area contributed by atoms with E-state index in [0.717, 1.165) is 35.6 Å². The number of carbonyl (C=O) groups excluding carboxylic acids is 1. The van der Waals surface area contributed by atoms with Crippen molar-refractivity contribution < 1.29 is 14.3 Å². The topological polar surface area (TPSA) is 59.6 Å². The molecule has 0 spiro atoms. The summed E-state index contributed by atoms with van der Waals surface area (Å²) >= 11 is 0. The van der Waals surface area contributed by atoms with E-state index in [-0.39, 0.29) is 5.91 Å². The molecule has 5 nitrogen and oxygen atoms in total. The van der Waals surface area contributed by atoms with Crippen LogP contribution in [0.1, 0.15) is 28.8 Å². The minimum absolute atomic E-state index is 0.0109. The second-order valence-electron chi connectivity index (χ2n) is 5.86. The second-order valence-corrected chi connectivity index (χ2v) is 5.86.